The van der Waals surface area contributed by atoms with E-state index in [1.165, 1.54) is 60.9 Å². The SMILES string of the molecule is CN1C(=O)C(C)(C)c2cc(F)c(NC(=O)c3ccncc3)c(F)c21.CN1C(=O)C(C)(C)c2cc(F)c(NC(=O)c3ccncc3F)cc21. The number of carbonyl (C=O) groups is 4. The van der Waals surface area contributed by atoms with E-state index in [1.807, 2.05) is 0 Å². The summed E-state index contributed by atoms with van der Waals surface area (Å²) < 4.78 is 57.2. The molecule has 0 bridgehead atoms. The molecule has 2 aromatic heterocycles. The number of halogens is 4. The zero-order valence-corrected chi connectivity index (χ0v) is 26.7. The predicted octanol–water partition coefficient (Wildman–Crippen LogP) is 5.73. The molecule has 6 rings (SSSR count). The zero-order chi connectivity index (χ0) is 35.3. The summed E-state index contributed by atoms with van der Waals surface area (Å²) >= 11 is 0. The average molecular weight is 663 g/mol. The van der Waals surface area contributed by atoms with E-state index in [0.717, 1.165) is 17.2 Å². The summed E-state index contributed by atoms with van der Waals surface area (Å²) in [5, 5.41) is 4.57. The monoisotopic (exact) mass is 662 g/mol. The number of benzene rings is 2. The van der Waals surface area contributed by atoms with Crippen LogP contribution in [0.25, 0.3) is 0 Å². The van der Waals surface area contributed by atoms with E-state index in [1.54, 1.807) is 34.7 Å². The Labute approximate surface area is 272 Å². The van der Waals surface area contributed by atoms with Gasteiger partial charge in [-0.15, -0.1) is 0 Å². The Bertz CT molecular complexity index is 2000. The lowest BCUT2D eigenvalue weighted by atomic mass is 9.86. The van der Waals surface area contributed by atoms with Crippen LogP contribution in [-0.2, 0) is 20.4 Å². The lowest BCUT2D eigenvalue weighted by molar-refractivity contribution is -0.122. The fourth-order valence-corrected chi connectivity index (χ4v) is 5.68. The van der Waals surface area contributed by atoms with Crippen molar-refractivity contribution in [1.82, 2.24) is 9.97 Å². The summed E-state index contributed by atoms with van der Waals surface area (Å²) in [4.78, 5) is 58.7. The normalized spacial score (nSPS) is 15.4. The van der Waals surface area contributed by atoms with Gasteiger partial charge in [0.1, 0.15) is 17.3 Å². The zero-order valence-electron chi connectivity index (χ0n) is 26.7. The van der Waals surface area contributed by atoms with Gasteiger partial charge in [-0.05, 0) is 75.2 Å². The molecule has 4 aromatic rings. The second-order valence-corrected chi connectivity index (χ2v) is 12.3. The highest BCUT2D eigenvalue weighted by Gasteiger charge is 2.46. The molecule has 0 saturated heterocycles. The molecule has 0 spiro atoms. The van der Waals surface area contributed by atoms with Crippen LogP contribution in [-0.4, -0.2) is 47.7 Å². The third-order valence-corrected chi connectivity index (χ3v) is 8.45. The van der Waals surface area contributed by atoms with Crippen molar-refractivity contribution in [3.63, 3.8) is 0 Å². The Balaban J connectivity index is 0.000000188. The molecule has 2 aliphatic heterocycles. The van der Waals surface area contributed by atoms with Crippen molar-refractivity contribution in [3.05, 3.63) is 107 Å². The molecule has 4 heterocycles. The standard InChI is InChI=1S/2C17H15F2N3O2/c1-17(2)10-8-11(18)13(12(19)14(10)22(3)16(17)24)21-15(23)9-4-6-20-7-5-9;1-17(2)10-6-11(18)13(7-14(10)22(3)16(17)24)21-15(23)9-4-5-20-8-12(9)19/h2*4-8H,1-3H3,(H,21,23). The van der Waals surface area contributed by atoms with Crippen LogP contribution < -0.4 is 20.4 Å². The maximum atomic E-state index is 14.8. The Morgan fingerprint density at radius 2 is 1.29 bits per heavy atom. The molecule has 14 heteroatoms. The second kappa shape index (κ2) is 12.2. The van der Waals surface area contributed by atoms with Crippen molar-refractivity contribution < 1.29 is 36.7 Å². The maximum Gasteiger partial charge on any atom is 0.258 e. The Hall–Kier alpha value is -5.66. The van der Waals surface area contributed by atoms with Gasteiger partial charge in [0.2, 0.25) is 11.8 Å². The molecule has 248 valence electrons. The molecule has 10 nitrogen and oxygen atoms in total. The summed E-state index contributed by atoms with van der Waals surface area (Å²) in [6, 6.07) is 7.77. The number of aromatic nitrogens is 2. The Morgan fingerprint density at radius 3 is 1.94 bits per heavy atom. The minimum absolute atomic E-state index is 0.0172. The number of fused-ring (bicyclic) bond motifs is 2. The number of likely N-dealkylation sites (N-methyl/N-ethyl adjacent to an activating group) is 2. The first kappa shape index (κ1) is 33.7. The topological polar surface area (TPSA) is 125 Å². The summed E-state index contributed by atoms with van der Waals surface area (Å²) in [6.07, 6.45) is 4.98. The summed E-state index contributed by atoms with van der Waals surface area (Å²) in [6.45, 7) is 6.63. The maximum absolute atomic E-state index is 14.8. The number of nitrogens with one attached hydrogen (secondary N) is 2. The molecule has 0 atom stereocenters. The molecule has 0 unspecified atom stereocenters. The lowest BCUT2D eigenvalue weighted by Crippen LogP contribution is -2.33. The lowest BCUT2D eigenvalue weighted by Gasteiger charge is -2.16. The molecular weight excluding hydrogens is 632 g/mol. The van der Waals surface area contributed by atoms with Gasteiger partial charge >= 0.3 is 0 Å². The van der Waals surface area contributed by atoms with E-state index in [0.29, 0.717) is 11.3 Å². The number of hydrogen-bond donors (Lipinski definition) is 2. The molecule has 0 fully saturated rings. The van der Waals surface area contributed by atoms with E-state index in [9.17, 15) is 36.7 Å². The molecule has 0 saturated carbocycles. The Morgan fingerprint density at radius 1 is 0.708 bits per heavy atom. The van der Waals surface area contributed by atoms with Gasteiger partial charge in [-0.25, -0.2) is 17.6 Å². The first-order valence-corrected chi connectivity index (χ1v) is 14.5. The van der Waals surface area contributed by atoms with Crippen LogP contribution in [0.5, 0.6) is 0 Å². The Kier molecular flexibility index (Phi) is 8.55. The van der Waals surface area contributed by atoms with Crippen LogP contribution in [0.3, 0.4) is 0 Å². The van der Waals surface area contributed by atoms with Gasteiger partial charge in [-0.3, -0.25) is 29.1 Å². The van der Waals surface area contributed by atoms with Crippen molar-refractivity contribution in [2.24, 2.45) is 0 Å². The highest BCUT2D eigenvalue weighted by atomic mass is 19.1. The quantitative estimate of drug-likeness (QED) is 0.269. The average Bonchev–Trinajstić information content (AvgIpc) is 3.32. The van der Waals surface area contributed by atoms with Crippen molar-refractivity contribution in [2.75, 3.05) is 34.5 Å². The van der Waals surface area contributed by atoms with Gasteiger partial charge in [0.05, 0.1) is 34.0 Å². The molecule has 2 N–H and O–H groups in total. The van der Waals surface area contributed by atoms with Crippen molar-refractivity contribution >= 4 is 46.4 Å². The minimum Gasteiger partial charge on any atom is -0.319 e. The van der Waals surface area contributed by atoms with Gasteiger partial charge in [0.25, 0.3) is 11.8 Å². The number of hydrogen-bond acceptors (Lipinski definition) is 6. The smallest absolute Gasteiger partial charge is 0.258 e. The molecule has 0 aliphatic carbocycles. The molecule has 4 amide bonds. The number of amides is 4. The van der Waals surface area contributed by atoms with Crippen LogP contribution >= 0.6 is 0 Å². The fourth-order valence-electron chi connectivity index (χ4n) is 5.68. The number of nitrogens with zero attached hydrogens (tertiary/aromatic N) is 4. The first-order valence-electron chi connectivity index (χ1n) is 14.5. The summed E-state index contributed by atoms with van der Waals surface area (Å²) in [5.41, 5.74) is -1.30. The predicted molar refractivity (Wildman–Crippen MR) is 170 cm³/mol. The van der Waals surface area contributed by atoms with Crippen LogP contribution in [0.15, 0.2) is 61.2 Å². The summed E-state index contributed by atoms with van der Waals surface area (Å²) in [7, 11) is 3.01. The van der Waals surface area contributed by atoms with Gasteiger partial charge in [-0.2, -0.15) is 0 Å². The molecule has 0 radical (unpaired) electrons. The summed E-state index contributed by atoms with van der Waals surface area (Å²) in [5.74, 6) is -5.34. The largest absolute Gasteiger partial charge is 0.319 e. The number of carbonyl (C=O) groups excluding carboxylic acids is 4. The van der Waals surface area contributed by atoms with Gasteiger partial charge in [-0.1, -0.05) is 0 Å². The van der Waals surface area contributed by atoms with Crippen molar-refractivity contribution in [1.29, 1.82) is 0 Å². The number of rotatable bonds is 4. The molecule has 48 heavy (non-hydrogen) atoms. The van der Waals surface area contributed by atoms with Gasteiger partial charge in [0.15, 0.2) is 11.6 Å². The van der Waals surface area contributed by atoms with E-state index in [2.05, 4.69) is 20.6 Å². The second-order valence-electron chi connectivity index (χ2n) is 12.3. The molecule has 2 aliphatic rings. The fraction of sp³-hybridized carbons (Fsp3) is 0.235. The molecule has 2 aromatic carbocycles. The van der Waals surface area contributed by atoms with E-state index >= 15 is 0 Å². The van der Waals surface area contributed by atoms with Crippen LogP contribution in [0, 0.1) is 23.3 Å². The van der Waals surface area contributed by atoms with Gasteiger partial charge < -0.3 is 20.4 Å². The van der Waals surface area contributed by atoms with Gasteiger partial charge in [0, 0.05) is 43.9 Å². The van der Waals surface area contributed by atoms with Crippen molar-refractivity contribution in [3.8, 4) is 0 Å². The minimum atomic E-state index is -1.03. The van der Waals surface area contributed by atoms with Crippen LogP contribution in [0.2, 0.25) is 0 Å². The first-order chi connectivity index (χ1) is 22.5. The molecular formula is C34H30F4N6O4. The van der Waals surface area contributed by atoms with Crippen LogP contribution in [0.4, 0.5) is 40.3 Å². The van der Waals surface area contributed by atoms with E-state index < -0.39 is 51.6 Å². The van der Waals surface area contributed by atoms with E-state index in [4.69, 9.17) is 0 Å². The van der Waals surface area contributed by atoms with Crippen molar-refractivity contribution in [2.45, 2.75) is 38.5 Å². The highest BCUT2D eigenvalue weighted by molar-refractivity contribution is 6.10. The van der Waals surface area contributed by atoms with Crippen LogP contribution in [0.1, 0.15) is 59.5 Å². The highest BCUT2D eigenvalue weighted by Crippen LogP contribution is 2.45. The number of anilines is 4. The van der Waals surface area contributed by atoms with E-state index in [-0.39, 0.29) is 39.9 Å². The number of pyridine rings is 2. The third kappa shape index (κ3) is 5.63. The third-order valence-electron chi connectivity index (χ3n) is 8.45.